The molecular formula is C13H18ClN3S. The molecule has 0 saturated heterocycles. The highest BCUT2D eigenvalue weighted by molar-refractivity contribution is 7.07. The topological polar surface area (TPSA) is 29.9 Å². The summed E-state index contributed by atoms with van der Waals surface area (Å²) in [6, 6.07) is 2.44. The van der Waals surface area contributed by atoms with Crippen molar-refractivity contribution in [3.05, 3.63) is 38.8 Å². The zero-order valence-electron chi connectivity index (χ0n) is 10.9. The summed E-state index contributed by atoms with van der Waals surface area (Å²) in [5, 5.41) is 12.9. The normalized spacial score (nSPS) is 12.9. The van der Waals surface area contributed by atoms with E-state index in [1.54, 1.807) is 11.3 Å². The summed E-state index contributed by atoms with van der Waals surface area (Å²) in [7, 11) is 3.94. The third-order valence-electron chi connectivity index (χ3n) is 3.19. The van der Waals surface area contributed by atoms with Gasteiger partial charge in [0.25, 0.3) is 0 Å². The van der Waals surface area contributed by atoms with Crippen LogP contribution in [0.15, 0.2) is 16.8 Å². The first-order valence-corrected chi connectivity index (χ1v) is 7.39. The molecule has 18 heavy (non-hydrogen) atoms. The number of rotatable bonds is 5. The van der Waals surface area contributed by atoms with Gasteiger partial charge in [0.1, 0.15) is 0 Å². The van der Waals surface area contributed by atoms with Crippen LogP contribution in [-0.4, -0.2) is 16.8 Å². The van der Waals surface area contributed by atoms with Crippen LogP contribution in [0.1, 0.15) is 29.9 Å². The molecule has 0 aromatic carbocycles. The van der Waals surface area contributed by atoms with Gasteiger partial charge in [0.15, 0.2) is 0 Å². The van der Waals surface area contributed by atoms with Gasteiger partial charge in [0, 0.05) is 19.5 Å². The number of hydrogen-bond acceptors (Lipinski definition) is 3. The van der Waals surface area contributed by atoms with E-state index in [0.717, 1.165) is 29.3 Å². The van der Waals surface area contributed by atoms with E-state index in [-0.39, 0.29) is 6.04 Å². The van der Waals surface area contributed by atoms with Crippen molar-refractivity contribution in [1.82, 2.24) is 15.1 Å². The van der Waals surface area contributed by atoms with Gasteiger partial charge in [-0.05, 0) is 35.9 Å². The molecule has 0 aliphatic rings. The number of halogens is 1. The molecule has 2 heterocycles. The summed E-state index contributed by atoms with van der Waals surface area (Å²) in [6.45, 7) is 2.08. The van der Waals surface area contributed by atoms with Gasteiger partial charge < -0.3 is 5.32 Å². The summed E-state index contributed by atoms with van der Waals surface area (Å²) in [4.78, 5) is 0. The number of thiophene rings is 1. The van der Waals surface area contributed by atoms with Crippen molar-refractivity contribution in [3.63, 3.8) is 0 Å². The number of aryl methyl sites for hydroxylation is 2. The number of nitrogens with one attached hydrogen (secondary N) is 1. The third kappa shape index (κ3) is 2.60. The van der Waals surface area contributed by atoms with E-state index in [1.807, 2.05) is 18.8 Å². The first-order chi connectivity index (χ1) is 8.67. The highest BCUT2D eigenvalue weighted by atomic mass is 35.5. The van der Waals surface area contributed by atoms with Crippen molar-refractivity contribution in [3.8, 4) is 0 Å². The lowest BCUT2D eigenvalue weighted by Gasteiger charge is -2.15. The van der Waals surface area contributed by atoms with Gasteiger partial charge in [-0.2, -0.15) is 16.4 Å². The molecule has 98 valence electrons. The lowest BCUT2D eigenvalue weighted by atomic mass is 10.1. The fourth-order valence-corrected chi connectivity index (χ4v) is 3.18. The molecule has 0 fully saturated rings. The smallest absolute Gasteiger partial charge is 0.0850 e. The van der Waals surface area contributed by atoms with E-state index in [1.165, 1.54) is 5.56 Å². The monoisotopic (exact) mass is 283 g/mol. The molecule has 1 unspecified atom stereocenters. The van der Waals surface area contributed by atoms with Gasteiger partial charge in [-0.1, -0.05) is 18.5 Å². The minimum Gasteiger partial charge on any atom is -0.313 e. The number of nitrogens with zero attached hydrogens (tertiary/aromatic N) is 2. The fraction of sp³-hybridized carbons (Fsp3) is 0.462. The van der Waals surface area contributed by atoms with E-state index < -0.39 is 0 Å². The Morgan fingerprint density at radius 2 is 2.33 bits per heavy atom. The molecule has 1 atom stereocenters. The molecule has 0 spiro atoms. The Hall–Kier alpha value is -0.840. The minimum absolute atomic E-state index is 0.286. The van der Waals surface area contributed by atoms with Crippen LogP contribution in [0, 0.1) is 0 Å². The highest BCUT2D eigenvalue weighted by Crippen LogP contribution is 2.27. The highest BCUT2D eigenvalue weighted by Gasteiger charge is 2.18. The van der Waals surface area contributed by atoms with Crippen LogP contribution in [0.4, 0.5) is 0 Å². The molecule has 0 radical (unpaired) electrons. The maximum Gasteiger partial charge on any atom is 0.0850 e. The second-order valence-electron chi connectivity index (χ2n) is 4.29. The maximum absolute atomic E-state index is 6.38. The summed E-state index contributed by atoms with van der Waals surface area (Å²) in [6.07, 6.45) is 1.73. The Balaban J connectivity index is 2.25. The van der Waals surface area contributed by atoms with Crippen LogP contribution >= 0.6 is 22.9 Å². The van der Waals surface area contributed by atoms with Crippen LogP contribution < -0.4 is 5.32 Å². The first kappa shape index (κ1) is 13.6. The van der Waals surface area contributed by atoms with Crippen LogP contribution in [0.25, 0.3) is 0 Å². The molecule has 0 aliphatic heterocycles. The summed E-state index contributed by atoms with van der Waals surface area (Å²) < 4.78 is 1.90. The molecule has 1 N–H and O–H groups in total. The SMILES string of the molecule is CCc1nn(C)c(CC(NC)c2ccsc2)c1Cl. The van der Waals surface area contributed by atoms with Crippen molar-refractivity contribution in [2.75, 3.05) is 7.05 Å². The quantitative estimate of drug-likeness (QED) is 0.913. The predicted molar refractivity (Wildman–Crippen MR) is 77.4 cm³/mol. The first-order valence-electron chi connectivity index (χ1n) is 6.07. The van der Waals surface area contributed by atoms with E-state index in [4.69, 9.17) is 11.6 Å². The predicted octanol–water partition coefficient (Wildman–Crippen LogP) is 3.20. The second kappa shape index (κ2) is 5.87. The fourth-order valence-electron chi connectivity index (χ4n) is 2.09. The number of likely N-dealkylation sites (N-methyl/N-ethyl adjacent to an activating group) is 1. The zero-order valence-corrected chi connectivity index (χ0v) is 12.5. The number of aromatic nitrogens is 2. The molecule has 2 rings (SSSR count). The van der Waals surface area contributed by atoms with Crippen molar-refractivity contribution in [2.45, 2.75) is 25.8 Å². The molecule has 0 saturated carbocycles. The van der Waals surface area contributed by atoms with Crippen molar-refractivity contribution in [2.24, 2.45) is 7.05 Å². The van der Waals surface area contributed by atoms with Gasteiger partial charge in [-0.25, -0.2) is 0 Å². The standard InChI is InChI=1S/C13H18ClN3S/c1-4-10-13(14)12(17(3)16-10)7-11(15-2)9-5-6-18-8-9/h5-6,8,11,15H,4,7H2,1-3H3. The molecule has 2 aromatic rings. The lowest BCUT2D eigenvalue weighted by molar-refractivity contribution is 0.562. The Morgan fingerprint density at radius 3 is 2.83 bits per heavy atom. The molecule has 5 heteroatoms. The average Bonchev–Trinajstić information content (AvgIpc) is 2.97. The summed E-state index contributed by atoms with van der Waals surface area (Å²) in [5.41, 5.74) is 3.38. The average molecular weight is 284 g/mol. The molecule has 0 aliphatic carbocycles. The van der Waals surface area contributed by atoms with Crippen molar-refractivity contribution >= 4 is 22.9 Å². The number of hydrogen-bond donors (Lipinski definition) is 1. The molecule has 2 aromatic heterocycles. The minimum atomic E-state index is 0.286. The van der Waals surface area contributed by atoms with E-state index in [9.17, 15) is 0 Å². The second-order valence-corrected chi connectivity index (χ2v) is 5.44. The third-order valence-corrected chi connectivity index (χ3v) is 4.33. The Kier molecular flexibility index (Phi) is 4.43. The van der Waals surface area contributed by atoms with E-state index in [2.05, 4.69) is 34.2 Å². The Labute approximate surface area is 117 Å². The van der Waals surface area contributed by atoms with Gasteiger partial charge in [0.05, 0.1) is 16.4 Å². The largest absolute Gasteiger partial charge is 0.313 e. The van der Waals surface area contributed by atoms with Crippen LogP contribution in [0.3, 0.4) is 0 Å². The van der Waals surface area contributed by atoms with Crippen molar-refractivity contribution < 1.29 is 0 Å². The van der Waals surface area contributed by atoms with Gasteiger partial charge in [0.2, 0.25) is 0 Å². The van der Waals surface area contributed by atoms with Crippen molar-refractivity contribution in [1.29, 1.82) is 0 Å². The van der Waals surface area contributed by atoms with E-state index >= 15 is 0 Å². The molecule has 0 bridgehead atoms. The van der Waals surface area contributed by atoms with Crippen LogP contribution in [0.5, 0.6) is 0 Å². The van der Waals surface area contributed by atoms with Gasteiger partial charge in [-0.3, -0.25) is 4.68 Å². The molecule has 3 nitrogen and oxygen atoms in total. The Bertz CT molecular complexity index is 505. The van der Waals surface area contributed by atoms with E-state index in [0.29, 0.717) is 0 Å². The molecule has 0 amide bonds. The van der Waals surface area contributed by atoms with Crippen LogP contribution in [-0.2, 0) is 19.9 Å². The van der Waals surface area contributed by atoms with Gasteiger partial charge in [-0.15, -0.1) is 0 Å². The Morgan fingerprint density at radius 1 is 1.56 bits per heavy atom. The lowest BCUT2D eigenvalue weighted by Crippen LogP contribution is -2.19. The van der Waals surface area contributed by atoms with Gasteiger partial charge >= 0.3 is 0 Å². The van der Waals surface area contributed by atoms with Crippen LogP contribution in [0.2, 0.25) is 5.02 Å². The summed E-state index contributed by atoms with van der Waals surface area (Å²) in [5.74, 6) is 0. The molecular weight excluding hydrogens is 266 g/mol. The zero-order chi connectivity index (χ0) is 13.1. The summed E-state index contributed by atoms with van der Waals surface area (Å²) >= 11 is 8.10. The maximum atomic E-state index is 6.38.